The predicted molar refractivity (Wildman–Crippen MR) is 116 cm³/mol. The van der Waals surface area contributed by atoms with Crippen LogP contribution >= 0.6 is 23.1 Å². The lowest BCUT2D eigenvalue weighted by Crippen LogP contribution is -2.31. The molecule has 0 fully saturated rings. The van der Waals surface area contributed by atoms with Gasteiger partial charge in [-0.15, -0.1) is 11.8 Å². The van der Waals surface area contributed by atoms with Crippen LogP contribution in [0, 0.1) is 0 Å². The van der Waals surface area contributed by atoms with Gasteiger partial charge in [0.05, 0.1) is 28.8 Å². The lowest BCUT2D eigenvalue weighted by Gasteiger charge is -2.18. The number of thiazole rings is 1. The summed E-state index contributed by atoms with van der Waals surface area (Å²) in [6.45, 7) is 2.50. The van der Waals surface area contributed by atoms with Gasteiger partial charge in [-0.25, -0.2) is 4.98 Å². The number of furan rings is 1. The minimum absolute atomic E-state index is 0.0161. The number of benzene rings is 2. The highest BCUT2D eigenvalue weighted by molar-refractivity contribution is 8.00. The highest BCUT2D eigenvalue weighted by Crippen LogP contribution is 2.32. The summed E-state index contributed by atoms with van der Waals surface area (Å²) in [5.74, 6) is 1.11. The Balaban J connectivity index is 1.62. The fourth-order valence-electron chi connectivity index (χ4n) is 2.96. The number of rotatable bonds is 7. The van der Waals surface area contributed by atoms with Crippen LogP contribution in [0.5, 0.6) is 0 Å². The SMILES string of the molecule is CCc1cccc2sc(N(Cc3ccco3)C(=O)CSc3ccccc3)nc12. The average Bonchev–Trinajstić information content (AvgIpc) is 3.40. The molecule has 1 amide bonds. The predicted octanol–water partition coefficient (Wildman–Crippen LogP) is 5.78. The van der Waals surface area contributed by atoms with E-state index in [-0.39, 0.29) is 5.91 Å². The van der Waals surface area contributed by atoms with Crippen molar-refractivity contribution in [1.82, 2.24) is 4.98 Å². The normalized spacial score (nSPS) is 11.0. The highest BCUT2D eigenvalue weighted by Gasteiger charge is 2.22. The first-order valence-electron chi connectivity index (χ1n) is 9.13. The highest BCUT2D eigenvalue weighted by atomic mass is 32.2. The van der Waals surface area contributed by atoms with Crippen molar-refractivity contribution < 1.29 is 9.21 Å². The first-order valence-corrected chi connectivity index (χ1v) is 10.9. The number of hydrogen-bond acceptors (Lipinski definition) is 5. The Morgan fingerprint density at radius 3 is 2.71 bits per heavy atom. The minimum Gasteiger partial charge on any atom is -0.467 e. The third-order valence-electron chi connectivity index (χ3n) is 4.40. The molecule has 0 aliphatic rings. The van der Waals surface area contributed by atoms with Crippen molar-refractivity contribution in [3.05, 3.63) is 78.3 Å². The molecule has 2 aromatic heterocycles. The monoisotopic (exact) mass is 408 g/mol. The Morgan fingerprint density at radius 1 is 1.11 bits per heavy atom. The third kappa shape index (κ3) is 4.13. The largest absolute Gasteiger partial charge is 0.467 e. The number of amides is 1. The number of carbonyl (C=O) groups is 1. The summed E-state index contributed by atoms with van der Waals surface area (Å²) < 4.78 is 6.59. The maximum Gasteiger partial charge on any atom is 0.239 e. The maximum atomic E-state index is 13.1. The molecule has 2 heterocycles. The Bertz CT molecular complexity index is 1060. The lowest BCUT2D eigenvalue weighted by molar-refractivity contribution is -0.116. The van der Waals surface area contributed by atoms with Crippen molar-refractivity contribution in [3.63, 3.8) is 0 Å². The van der Waals surface area contributed by atoms with Gasteiger partial charge in [-0.05, 0) is 42.3 Å². The van der Waals surface area contributed by atoms with Crippen molar-refractivity contribution in [2.45, 2.75) is 24.8 Å². The summed E-state index contributed by atoms with van der Waals surface area (Å²) in [5.41, 5.74) is 2.18. The molecule has 0 bridgehead atoms. The second kappa shape index (κ2) is 8.63. The van der Waals surface area contributed by atoms with E-state index in [1.807, 2.05) is 48.5 Å². The molecule has 0 radical (unpaired) electrons. The smallest absolute Gasteiger partial charge is 0.239 e. The molecular weight excluding hydrogens is 388 g/mol. The van der Waals surface area contributed by atoms with Crippen LogP contribution in [-0.4, -0.2) is 16.6 Å². The van der Waals surface area contributed by atoms with Crippen molar-refractivity contribution in [2.75, 3.05) is 10.7 Å². The number of fused-ring (bicyclic) bond motifs is 1. The van der Waals surface area contributed by atoms with Crippen LogP contribution in [-0.2, 0) is 17.8 Å². The van der Waals surface area contributed by atoms with Crippen LogP contribution in [0.2, 0.25) is 0 Å². The van der Waals surface area contributed by atoms with E-state index in [0.717, 1.165) is 27.3 Å². The summed E-state index contributed by atoms with van der Waals surface area (Å²) in [6.07, 6.45) is 2.54. The molecule has 0 aliphatic carbocycles. The molecule has 0 aliphatic heterocycles. The topological polar surface area (TPSA) is 46.3 Å². The first-order chi connectivity index (χ1) is 13.7. The molecule has 2 aromatic carbocycles. The molecular formula is C22H20N2O2S2. The zero-order valence-corrected chi connectivity index (χ0v) is 17.1. The number of aryl methyl sites for hydroxylation is 1. The Hall–Kier alpha value is -2.57. The van der Waals surface area contributed by atoms with E-state index in [2.05, 4.69) is 19.1 Å². The summed E-state index contributed by atoms with van der Waals surface area (Å²) in [5, 5.41) is 0.714. The van der Waals surface area contributed by atoms with E-state index in [4.69, 9.17) is 9.40 Å². The lowest BCUT2D eigenvalue weighted by atomic mass is 10.1. The quantitative estimate of drug-likeness (QED) is 0.364. The molecule has 0 unspecified atom stereocenters. The first kappa shape index (κ1) is 18.8. The Labute approximate surface area is 172 Å². The molecule has 0 atom stereocenters. The van der Waals surface area contributed by atoms with Gasteiger partial charge in [0.25, 0.3) is 0 Å². The van der Waals surface area contributed by atoms with Crippen LogP contribution in [0.15, 0.2) is 76.2 Å². The summed E-state index contributed by atoms with van der Waals surface area (Å²) in [7, 11) is 0. The standard InChI is InChI=1S/C22H20N2O2S2/c1-2-16-8-6-12-19-21(16)23-22(28-19)24(14-17-9-7-13-26-17)20(25)15-27-18-10-4-3-5-11-18/h3-13H,2,14-15H2,1H3. The average molecular weight is 409 g/mol. The molecule has 0 spiro atoms. The van der Waals surface area contributed by atoms with Crippen molar-refractivity contribution in [2.24, 2.45) is 0 Å². The van der Waals surface area contributed by atoms with Crippen LogP contribution in [0.25, 0.3) is 10.2 Å². The fraction of sp³-hybridized carbons (Fsp3) is 0.182. The summed E-state index contributed by atoms with van der Waals surface area (Å²) >= 11 is 3.08. The van der Waals surface area contributed by atoms with Gasteiger partial charge in [-0.3, -0.25) is 9.69 Å². The van der Waals surface area contributed by atoms with E-state index in [9.17, 15) is 4.79 Å². The van der Waals surface area contributed by atoms with E-state index < -0.39 is 0 Å². The molecule has 4 rings (SSSR count). The van der Waals surface area contributed by atoms with Gasteiger partial charge in [-0.1, -0.05) is 48.6 Å². The fourth-order valence-corrected chi connectivity index (χ4v) is 4.78. The van der Waals surface area contributed by atoms with Gasteiger partial charge in [0, 0.05) is 4.90 Å². The zero-order chi connectivity index (χ0) is 19.3. The Morgan fingerprint density at radius 2 is 1.96 bits per heavy atom. The molecule has 4 aromatic rings. The zero-order valence-electron chi connectivity index (χ0n) is 15.5. The van der Waals surface area contributed by atoms with Gasteiger partial charge >= 0.3 is 0 Å². The number of aromatic nitrogens is 1. The third-order valence-corrected chi connectivity index (χ3v) is 6.44. The van der Waals surface area contributed by atoms with Crippen LogP contribution in [0.4, 0.5) is 5.13 Å². The number of carbonyl (C=O) groups excluding carboxylic acids is 1. The number of anilines is 1. The molecule has 6 heteroatoms. The van der Waals surface area contributed by atoms with Gasteiger partial charge < -0.3 is 4.42 Å². The molecule has 0 N–H and O–H groups in total. The van der Waals surface area contributed by atoms with Crippen LogP contribution in [0.1, 0.15) is 18.2 Å². The van der Waals surface area contributed by atoms with E-state index in [0.29, 0.717) is 17.4 Å². The molecule has 0 saturated heterocycles. The molecule has 28 heavy (non-hydrogen) atoms. The van der Waals surface area contributed by atoms with E-state index >= 15 is 0 Å². The second-order valence-corrected chi connectivity index (χ2v) is 8.33. The van der Waals surface area contributed by atoms with Crippen molar-refractivity contribution in [1.29, 1.82) is 0 Å². The van der Waals surface area contributed by atoms with E-state index in [1.54, 1.807) is 22.5 Å². The minimum atomic E-state index is 0.0161. The van der Waals surface area contributed by atoms with Crippen LogP contribution in [0.3, 0.4) is 0 Å². The number of hydrogen-bond donors (Lipinski definition) is 0. The molecule has 142 valence electrons. The Kier molecular flexibility index (Phi) is 5.78. The van der Waals surface area contributed by atoms with Crippen molar-refractivity contribution in [3.8, 4) is 0 Å². The maximum absolute atomic E-state index is 13.1. The second-order valence-electron chi connectivity index (χ2n) is 6.27. The summed E-state index contributed by atoms with van der Waals surface area (Å²) in [4.78, 5) is 20.7. The van der Waals surface area contributed by atoms with Gasteiger partial charge in [0.1, 0.15) is 5.76 Å². The van der Waals surface area contributed by atoms with Gasteiger partial charge in [-0.2, -0.15) is 0 Å². The van der Waals surface area contributed by atoms with E-state index in [1.165, 1.54) is 17.3 Å². The number of nitrogens with zero attached hydrogens (tertiary/aromatic N) is 2. The van der Waals surface area contributed by atoms with Gasteiger partial charge in [0.15, 0.2) is 5.13 Å². The molecule has 4 nitrogen and oxygen atoms in total. The number of thioether (sulfide) groups is 1. The van der Waals surface area contributed by atoms with Gasteiger partial charge in [0.2, 0.25) is 5.91 Å². The van der Waals surface area contributed by atoms with Crippen molar-refractivity contribution >= 4 is 44.4 Å². The summed E-state index contributed by atoms with van der Waals surface area (Å²) in [6, 6.07) is 19.9. The molecule has 0 saturated carbocycles. The van der Waals surface area contributed by atoms with Crippen LogP contribution < -0.4 is 4.90 Å². The number of para-hydroxylation sites is 1.